The molecule has 1 aromatic rings. The molecule has 0 aliphatic rings. The smallest absolute Gasteiger partial charge is 0.147 e. The molecule has 17 heavy (non-hydrogen) atoms. The Morgan fingerprint density at radius 3 is 2.41 bits per heavy atom. The van der Waals surface area contributed by atoms with E-state index < -0.39 is 0 Å². The van der Waals surface area contributed by atoms with Gasteiger partial charge in [-0.05, 0) is 26.3 Å². The van der Waals surface area contributed by atoms with Crippen molar-refractivity contribution >= 4 is 5.82 Å². The van der Waals surface area contributed by atoms with Crippen molar-refractivity contribution in [2.24, 2.45) is 5.92 Å². The summed E-state index contributed by atoms with van der Waals surface area (Å²) in [5, 5.41) is 3.07. The predicted octanol–water partition coefficient (Wildman–Crippen LogP) is 2.07. The lowest BCUT2D eigenvalue weighted by atomic mass is 10.0. The van der Waals surface area contributed by atoms with Crippen molar-refractivity contribution in [2.75, 3.05) is 19.0 Å². The van der Waals surface area contributed by atoms with E-state index in [-0.39, 0.29) is 0 Å². The van der Waals surface area contributed by atoms with Gasteiger partial charge in [0.05, 0.1) is 18.1 Å². The summed E-state index contributed by atoms with van der Waals surface area (Å²) in [6.07, 6.45) is 4.85. The van der Waals surface area contributed by atoms with E-state index in [1.54, 1.807) is 0 Å². The Balaban J connectivity index is 2.65. The third kappa shape index (κ3) is 4.30. The van der Waals surface area contributed by atoms with Crippen LogP contribution >= 0.6 is 0 Å². The number of hydrogen-bond donors (Lipinski definition) is 1. The van der Waals surface area contributed by atoms with E-state index in [1.165, 1.54) is 0 Å². The zero-order chi connectivity index (χ0) is 12.8. The van der Waals surface area contributed by atoms with Crippen LogP contribution in [0.2, 0.25) is 0 Å². The van der Waals surface area contributed by atoms with Crippen molar-refractivity contribution in [3.8, 4) is 0 Å². The van der Waals surface area contributed by atoms with Crippen molar-refractivity contribution in [3.05, 3.63) is 18.1 Å². The first kappa shape index (κ1) is 13.9. The number of nitrogens with one attached hydrogen (secondary N) is 1. The van der Waals surface area contributed by atoms with Gasteiger partial charge >= 0.3 is 0 Å². The van der Waals surface area contributed by atoms with E-state index in [1.807, 2.05) is 19.4 Å². The van der Waals surface area contributed by atoms with E-state index in [2.05, 4.69) is 48.0 Å². The average molecular weight is 236 g/mol. The minimum absolute atomic E-state index is 0.486. The highest BCUT2D eigenvalue weighted by atomic mass is 15.2. The van der Waals surface area contributed by atoms with Gasteiger partial charge in [-0.25, -0.2) is 4.98 Å². The fourth-order valence-corrected chi connectivity index (χ4v) is 1.87. The highest BCUT2D eigenvalue weighted by Gasteiger charge is 2.12. The summed E-state index contributed by atoms with van der Waals surface area (Å²) in [5.74, 6) is 1.64. The van der Waals surface area contributed by atoms with Crippen LogP contribution in [0.25, 0.3) is 0 Å². The SMILES string of the molecule is CNCc1cnc(N(C)C(C)CC(C)C)cn1. The molecule has 0 bridgehead atoms. The Labute approximate surface area is 104 Å². The molecule has 4 heteroatoms. The molecule has 1 N–H and O–H groups in total. The zero-order valence-corrected chi connectivity index (χ0v) is 11.6. The van der Waals surface area contributed by atoms with Gasteiger partial charge in [-0.2, -0.15) is 0 Å². The zero-order valence-electron chi connectivity index (χ0n) is 11.6. The van der Waals surface area contributed by atoms with Crippen molar-refractivity contribution in [1.29, 1.82) is 0 Å². The Hall–Kier alpha value is -1.16. The van der Waals surface area contributed by atoms with Gasteiger partial charge in [0.15, 0.2) is 0 Å². The molecule has 0 aliphatic carbocycles. The van der Waals surface area contributed by atoms with Gasteiger partial charge in [0.2, 0.25) is 0 Å². The maximum absolute atomic E-state index is 4.45. The molecule has 1 rings (SSSR count). The first-order valence-electron chi connectivity index (χ1n) is 6.23. The number of rotatable bonds is 6. The third-order valence-corrected chi connectivity index (χ3v) is 2.88. The molecule has 4 nitrogen and oxygen atoms in total. The van der Waals surface area contributed by atoms with Crippen LogP contribution in [0.1, 0.15) is 32.9 Å². The molecule has 0 amide bonds. The first-order valence-corrected chi connectivity index (χ1v) is 6.23. The quantitative estimate of drug-likeness (QED) is 0.821. The summed E-state index contributed by atoms with van der Waals surface area (Å²) < 4.78 is 0. The lowest BCUT2D eigenvalue weighted by Crippen LogP contribution is -2.30. The van der Waals surface area contributed by atoms with E-state index in [0.717, 1.165) is 24.5 Å². The van der Waals surface area contributed by atoms with Crippen molar-refractivity contribution in [3.63, 3.8) is 0 Å². The average Bonchev–Trinajstić information content (AvgIpc) is 2.28. The van der Waals surface area contributed by atoms with Gasteiger partial charge < -0.3 is 10.2 Å². The number of aromatic nitrogens is 2. The highest BCUT2D eigenvalue weighted by Crippen LogP contribution is 2.15. The van der Waals surface area contributed by atoms with Crippen LogP contribution in [-0.4, -0.2) is 30.1 Å². The summed E-state index contributed by atoms with van der Waals surface area (Å²) in [6.45, 7) is 7.47. The van der Waals surface area contributed by atoms with Crippen LogP contribution in [0, 0.1) is 5.92 Å². The second-order valence-electron chi connectivity index (χ2n) is 4.99. The molecular formula is C13H24N4. The molecule has 0 saturated heterocycles. The molecule has 1 unspecified atom stereocenters. The van der Waals surface area contributed by atoms with Gasteiger partial charge in [-0.15, -0.1) is 0 Å². The Kier molecular flexibility index (Phi) is 5.35. The summed E-state index contributed by atoms with van der Waals surface area (Å²) in [5.41, 5.74) is 0.973. The molecule has 0 radical (unpaired) electrons. The fraction of sp³-hybridized carbons (Fsp3) is 0.692. The van der Waals surface area contributed by atoms with Crippen LogP contribution in [-0.2, 0) is 6.54 Å². The molecule has 0 saturated carbocycles. The van der Waals surface area contributed by atoms with Crippen LogP contribution in [0.15, 0.2) is 12.4 Å². The first-order chi connectivity index (χ1) is 8.04. The second kappa shape index (κ2) is 6.55. The second-order valence-corrected chi connectivity index (χ2v) is 4.99. The summed E-state index contributed by atoms with van der Waals surface area (Å²) in [6, 6.07) is 0.486. The Morgan fingerprint density at radius 1 is 1.24 bits per heavy atom. The van der Waals surface area contributed by atoms with E-state index in [0.29, 0.717) is 12.0 Å². The van der Waals surface area contributed by atoms with Crippen molar-refractivity contribution in [1.82, 2.24) is 15.3 Å². The number of nitrogens with zero attached hydrogens (tertiary/aromatic N) is 3. The minimum Gasteiger partial charge on any atom is -0.356 e. The topological polar surface area (TPSA) is 41.1 Å². The van der Waals surface area contributed by atoms with Crippen LogP contribution in [0.5, 0.6) is 0 Å². The van der Waals surface area contributed by atoms with Gasteiger partial charge in [0, 0.05) is 19.6 Å². The van der Waals surface area contributed by atoms with E-state index >= 15 is 0 Å². The van der Waals surface area contributed by atoms with Crippen LogP contribution in [0.4, 0.5) is 5.82 Å². The normalized spacial score (nSPS) is 12.8. The van der Waals surface area contributed by atoms with Gasteiger partial charge in [-0.3, -0.25) is 4.98 Å². The standard InChI is InChI=1S/C13H24N4/c1-10(2)6-11(3)17(5)13-9-15-12(7-14-4)8-16-13/h8-11,14H,6-7H2,1-5H3. The molecular weight excluding hydrogens is 212 g/mol. The third-order valence-electron chi connectivity index (χ3n) is 2.88. The van der Waals surface area contributed by atoms with Gasteiger partial charge in [0.1, 0.15) is 5.82 Å². The lowest BCUT2D eigenvalue weighted by Gasteiger charge is -2.27. The molecule has 0 fully saturated rings. The molecule has 1 heterocycles. The van der Waals surface area contributed by atoms with Crippen molar-refractivity contribution < 1.29 is 0 Å². The molecule has 0 spiro atoms. The van der Waals surface area contributed by atoms with Crippen molar-refractivity contribution in [2.45, 2.75) is 39.8 Å². The maximum atomic E-state index is 4.45. The minimum atomic E-state index is 0.486. The largest absolute Gasteiger partial charge is 0.356 e. The maximum Gasteiger partial charge on any atom is 0.147 e. The highest BCUT2D eigenvalue weighted by molar-refractivity contribution is 5.35. The van der Waals surface area contributed by atoms with E-state index in [9.17, 15) is 0 Å². The van der Waals surface area contributed by atoms with E-state index in [4.69, 9.17) is 0 Å². The summed E-state index contributed by atoms with van der Waals surface area (Å²) in [4.78, 5) is 11.0. The summed E-state index contributed by atoms with van der Waals surface area (Å²) >= 11 is 0. The molecule has 0 aromatic carbocycles. The fourth-order valence-electron chi connectivity index (χ4n) is 1.87. The number of hydrogen-bond acceptors (Lipinski definition) is 4. The van der Waals surface area contributed by atoms with Crippen LogP contribution in [0.3, 0.4) is 0 Å². The summed E-state index contributed by atoms with van der Waals surface area (Å²) in [7, 11) is 3.99. The molecule has 1 aromatic heterocycles. The van der Waals surface area contributed by atoms with Gasteiger partial charge in [-0.1, -0.05) is 13.8 Å². The predicted molar refractivity (Wildman–Crippen MR) is 72.1 cm³/mol. The molecule has 0 aliphatic heterocycles. The molecule has 1 atom stereocenters. The lowest BCUT2D eigenvalue weighted by molar-refractivity contribution is 0.501. The van der Waals surface area contributed by atoms with Gasteiger partial charge in [0.25, 0.3) is 0 Å². The Bertz CT molecular complexity index is 321. The monoisotopic (exact) mass is 236 g/mol. The van der Waals surface area contributed by atoms with Crippen LogP contribution < -0.4 is 10.2 Å². The Morgan fingerprint density at radius 2 is 1.94 bits per heavy atom. The number of anilines is 1. The molecule has 96 valence electrons.